The van der Waals surface area contributed by atoms with Crippen LogP contribution >= 0.6 is 11.8 Å². The largest absolute Gasteiger partial charge is 0.392 e. The van der Waals surface area contributed by atoms with E-state index in [2.05, 4.69) is 29.3 Å². The summed E-state index contributed by atoms with van der Waals surface area (Å²) in [6, 6.07) is 0.0137. The third-order valence-electron chi connectivity index (χ3n) is 2.96. The van der Waals surface area contributed by atoms with Crippen LogP contribution in [0.5, 0.6) is 0 Å². The minimum Gasteiger partial charge on any atom is -0.392 e. The molecule has 0 bridgehead atoms. The Hall–Kier alpha value is -0.590. The molecule has 0 aromatic carbocycles. The van der Waals surface area contributed by atoms with Gasteiger partial charge in [-0.3, -0.25) is 0 Å². The van der Waals surface area contributed by atoms with Crippen LogP contribution in [0.2, 0.25) is 0 Å². The van der Waals surface area contributed by atoms with E-state index >= 15 is 0 Å². The van der Waals surface area contributed by atoms with Crippen LogP contribution in [0.1, 0.15) is 44.4 Å². The van der Waals surface area contributed by atoms with E-state index in [0.29, 0.717) is 24.1 Å². The Kier molecular flexibility index (Phi) is 4.42. The van der Waals surface area contributed by atoms with Crippen molar-refractivity contribution in [2.24, 2.45) is 0 Å². The zero-order chi connectivity index (χ0) is 12.3. The van der Waals surface area contributed by atoms with Gasteiger partial charge in [-0.1, -0.05) is 19.0 Å². The number of rotatable bonds is 5. The van der Waals surface area contributed by atoms with Crippen molar-refractivity contribution in [3.8, 4) is 0 Å². The molecule has 2 rings (SSSR count). The van der Waals surface area contributed by atoms with E-state index in [9.17, 15) is 5.11 Å². The van der Waals surface area contributed by atoms with Crippen LogP contribution in [0.4, 0.5) is 0 Å². The molecule has 3 atom stereocenters. The summed E-state index contributed by atoms with van der Waals surface area (Å²) >= 11 is 1.83. The number of aliphatic hydroxyl groups is 1. The average molecular weight is 257 g/mol. The Bertz CT molecular complexity index is 358. The Balaban J connectivity index is 1.87. The summed E-state index contributed by atoms with van der Waals surface area (Å²) in [5.41, 5.74) is 0. The molecular weight excluding hydrogens is 238 g/mol. The lowest BCUT2D eigenvalue weighted by atomic mass is 10.2. The highest BCUT2D eigenvalue weighted by Crippen LogP contribution is 2.23. The smallest absolute Gasteiger partial charge is 0.243 e. The van der Waals surface area contributed by atoms with E-state index in [1.807, 2.05) is 11.8 Å². The van der Waals surface area contributed by atoms with Crippen LogP contribution in [-0.4, -0.2) is 33.1 Å². The predicted octanol–water partition coefficient (Wildman–Crippen LogP) is 1.50. The van der Waals surface area contributed by atoms with Gasteiger partial charge in [0.1, 0.15) is 0 Å². The Morgan fingerprint density at radius 2 is 2.47 bits per heavy atom. The van der Waals surface area contributed by atoms with Gasteiger partial charge >= 0.3 is 0 Å². The first-order valence-electron chi connectivity index (χ1n) is 6.04. The fraction of sp³-hybridized carbons (Fsp3) is 0.818. The van der Waals surface area contributed by atoms with Gasteiger partial charge in [0.05, 0.1) is 17.9 Å². The number of nitrogens with one attached hydrogen (secondary N) is 1. The van der Waals surface area contributed by atoms with E-state index in [0.717, 1.165) is 18.0 Å². The van der Waals surface area contributed by atoms with Crippen LogP contribution in [-0.2, 0) is 5.75 Å². The predicted molar refractivity (Wildman–Crippen MR) is 66.7 cm³/mol. The molecule has 2 heterocycles. The SMILES string of the molecule is CCC(C)SCc1noc([C@H]2C[C@@H](O)CN2)n1. The van der Waals surface area contributed by atoms with E-state index in [4.69, 9.17) is 4.52 Å². The summed E-state index contributed by atoms with van der Waals surface area (Å²) in [6.45, 7) is 4.97. The molecule has 0 spiro atoms. The molecule has 0 saturated carbocycles. The summed E-state index contributed by atoms with van der Waals surface area (Å²) in [4.78, 5) is 4.36. The lowest BCUT2D eigenvalue weighted by Crippen LogP contribution is -2.15. The number of β-amino-alcohol motifs (C(OH)–C–C–N with tert-alkyl or cyclic N) is 1. The van der Waals surface area contributed by atoms with Gasteiger partial charge < -0.3 is 14.9 Å². The van der Waals surface area contributed by atoms with Gasteiger partial charge in [-0.25, -0.2) is 0 Å². The van der Waals surface area contributed by atoms with Crippen molar-refractivity contribution >= 4 is 11.8 Å². The average Bonchev–Trinajstić information content (AvgIpc) is 2.94. The molecule has 0 amide bonds. The molecule has 1 aliphatic rings. The third-order valence-corrected chi connectivity index (χ3v) is 4.29. The second-order valence-electron chi connectivity index (χ2n) is 4.43. The van der Waals surface area contributed by atoms with Crippen molar-refractivity contribution in [2.75, 3.05) is 6.54 Å². The molecule has 1 aliphatic heterocycles. The summed E-state index contributed by atoms with van der Waals surface area (Å²) in [5, 5.41) is 17.2. The molecular formula is C11H19N3O2S. The molecule has 5 nitrogen and oxygen atoms in total. The third kappa shape index (κ3) is 3.43. The minimum absolute atomic E-state index is 0.0137. The molecule has 1 fully saturated rings. The maximum atomic E-state index is 9.42. The molecule has 2 N–H and O–H groups in total. The first-order valence-corrected chi connectivity index (χ1v) is 7.09. The van der Waals surface area contributed by atoms with Crippen molar-refractivity contribution in [2.45, 2.75) is 49.8 Å². The van der Waals surface area contributed by atoms with Gasteiger partial charge in [0.25, 0.3) is 0 Å². The summed E-state index contributed by atoms with van der Waals surface area (Å²) in [7, 11) is 0. The first-order chi connectivity index (χ1) is 8.19. The highest BCUT2D eigenvalue weighted by atomic mass is 32.2. The normalized spacial score (nSPS) is 26.3. The van der Waals surface area contributed by atoms with E-state index in [1.54, 1.807) is 0 Å². The van der Waals surface area contributed by atoms with Gasteiger partial charge in [-0.2, -0.15) is 16.7 Å². The molecule has 17 heavy (non-hydrogen) atoms. The van der Waals surface area contributed by atoms with Gasteiger partial charge in [-0.15, -0.1) is 0 Å². The Labute approximate surface area is 105 Å². The summed E-state index contributed by atoms with van der Waals surface area (Å²) < 4.78 is 5.21. The Morgan fingerprint density at radius 3 is 3.12 bits per heavy atom. The molecule has 1 aromatic heterocycles. The van der Waals surface area contributed by atoms with E-state index in [-0.39, 0.29) is 12.1 Å². The maximum absolute atomic E-state index is 9.42. The number of nitrogens with zero attached hydrogens (tertiary/aromatic N) is 2. The second kappa shape index (κ2) is 5.84. The number of hydrogen-bond acceptors (Lipinski definition) is 6. The van der Waals surface area contributed by atoms with Crippen LogP contribution in [0, 0.1) is 0 Å². The maximum Gasteiger partial charge on any atom is 0.243 e. The van der Waals surface area contributed by atoms with Crippen molar-refractivity contribution < 1.29 is 9.63 Å². The number of aliphatic hydroxyl groups excluding tert-OH is 1. The Morgan fingerprint density at radius 1 is 1.65 bits per heavy atom. The highest BCUT2D eigenvalue weighted by molar-refractivity contribution is 7.99. The quantitative estimate of drug-likeness (QED) is 0.833. The zero-order valence-electron chi connectivity index (χ0n) is 10.2. The molecule has 1 saturated heterocycles. The molecule has 6 heteroatoms. The van der Waals surface area contributed by atoms with Gasteiger partial charge in [-0.05, 0) is 12.8 Å². The van der Waals surface area contributed by atoms with Gasteiger partial charge in [0.15, 0.2) is 5.82 Å². The van der Waals surface area contributed by atoms with Crippen LogP contribution in [0.25, 0.3) is 0 Å². The lowest BCUT2D eigenvalue weighted by Gasteiger charge is -2.04. The fourth-order valence-corrected chi connectivity index (χ4v) is 2.49. The number of hydrogen-bond donors (Lipinski definition) is 2. The standard InChI is InChI=1S/C11H19N3O2S/c1-3-7(2)17-6-10-13-11(16-14-10)9-4-8(15)5-12-9/h7-9,12,15H,3-6H2,1-2H3/t7?,8-,9-/m1/s1. The van der Waals surface area contributed by atoms with E-state index in [1.165, 1.54) is 0 Å². The van der Waals surface area contributed by atoms with Crippen molar-refractivity contribution in [1.82, 2.24) is 15.5 Å². The van der Waals surface area contributed by atoms with Crippen LogP contribution in [0.15, 0.2) is 4.52 Å². The second-order valence-corrected chi connectivity index (χ2v) is 5.86. The van der Waals surface area contributed by atoms with Gasteiger partial charge in [0.2, 0.25) is 5.89 Å². The number of thioether (sulfide) groups is 1. The minimum atomic E-state index is -0.301. The first kappa shape index (κ1) is 12.9. The van der Waals surface area contributed by atoms with Crippen LogP contribution in [0.3, 0.4) is 0 Å². The van der Waals surface area contributed by atoms with Crippen molar-refractivity contribution in [3.63, 3.8) is 0 Å². The molecule has 0 aliphatic carbocycles. The fourth-order valence-electron chi connectivity index (χ4n) is 1.71. The topological polar surface area (TPSA) is 71.2 Å². The molecule has 0 radical (unpaired) electrons. The van der Waals surface area contributed by atoms with Crippen molar-refractivity contribution in [3.05, 3.63) is 11.7 Å². The lowest BCUT2D eigenvalue weighted by molar-refractivity contribution is 0.191. The van der Waals surface area contributed by atoms with Crippen LogP contribution < -0.4 is 5.32 Å². The van der Waals surface area contributed by atoms with E-state index < -0.39 is 0 Å². The van der Waals surface area contributed by atoms with Crippen molar-refractivity contribution in [1.29, 1.82) is 0 Å². The summed E-state index contributed by atoms with van der Waals surface area (Å²) in [5.74, 6) is 2.13. The van der Waals surface area contributed by atoms with Gasteiger partial charge in [0, 0.05) is 11.8 Å². The molecule has 1 unspecified atom stereocenters. The zero-order valence-corrected chi connectivity index (χ0v) is 11.0. The molecule has 96 valence electrons. The number of aromatic nitrogens is 2. The highest BCUT2D eigenvalue weighted by Gasteiger charge is 2.28. The molecule has 1 aromatic rings. The monoisotopic (exact) mass is 257 g/mol. The summed E-state index contributed by atoms with van der Waals surface area (Å²) in [6.07, 6.45) is 1.50.